The summed E-state index contributed by atoms with van der Waals surface area (Å²) in [5.41, 5.74) is -0.327. The summed E-state index contributed by atoms with van der Waals surface area (Å²) in [5, 5.41) is 0. The summed E-state index contributed by atoms with van der Waals surface area (Å²) in [6.45, 7) is 10.2. The number of carbonyl (C=O) groups excluding carboxylic acids is 1. The van der Waals surface area contributed by atoms with E-state index in [0.717, 1.165) is 6.42 Å². The fourth-order valence-corrected chi connectivity index (χ4v) is 1.71. The highest BCUT2D eigenvalue weighted by atomic mass is 16.7. The highest BCUT2D eigenvalue weighted by Gasteiger charge is 2.33. The first-order valence-electron chi connectivity index (χ1n) is 4.85. The molecule has 0 bridgehead atoms. The molecule has 0 N–H and O–H groups in total. The number of carbonyl (C=O) groups is 1. The van der Waals surface area contributed by atoms with Gasteiger partial charge in [0.25, 0.3) is 0 Å². The number of ether oxygens (including phenoxy) is 2. The van der Waals surface area contributed by atoms with E-state index < -0.39 is 5.41 Å². The van der Waals surface area contributed by atoms with Gasteiger partial charge in [-0.3, -0.25) is 4.79 Å². The average Bonchev–Trinajstić information content (AvgIpc) is 1.95. The zero-order valence-electron chi connectivity index (χ0n) is 10.1. The van der Waals surface area contributed by atoms with Crippen LogP contribution >= 0.6 is 0 Å². The first-order chi connectivity index (χ1) is 6.19. The molecule has 84 valence electrons. The molecule has 0 rings (SSSR count). The molecule has 0 atom stereocenters. The van der Waals surface area contributed by atoms with E-state index in [2.05, 4.69) is 20.8 Å². The van der Waals surface area contributed by atoms with Gasteiger partial charge in [-0.1, -0.05) is 20.8 Å². The molecule has 0 spiro atoms. The predicted octanol–water partition coefficient (Wildman–Crippen LogP) is 2.60. The lowest BCUT2D eigenvalue weighted by atomic mass is 9.76. The molecule has 0 unspecified atom stereocenters. The molecular formula is C11H22O3. The van der Waals surface area contributed by atoms with Gasteiger partial charge < -0.3 is 9.47 Å². The van der Waals surface area contributed by atoms with E-state index in [1.54, 1.807) is 0 Å². The number of methoxy groups -OCH3 is 1. The second kappa shape index (κ2) is 4.78. The first-order valence-corrected chi connectivity index (χ1v) is 4.85. The first kappa shape index (κ1) is 13.4. The maximum atomic E-state index is 11.6. The van der Waals surface area contributed by atoms with Crippen LogP contribution in [-0.2, 0) is 14.3 Å². The van der Waals surface area contributed by atoms with Gasteiger partial charge in [-0.15, -0.1) is 0 Å². The maximum Gasteiger partial charge on any atom is 0.313 e. The van der Waals surface area contributed by atoms with E-state index in [1.807, 2.05) is 13.8 Å². The maximum absolute atomic E-state index is 11.6. The summed E-state index contributed by atoms with van der Waals surface area (Å²) in [6.07, 6.45) is 0.794. The molecule has 0 heterocycles. The van der Waals surface area contributed by atoms with Gasteiger partial charge in [0.2, 0.25) is 0 Å². The quantitative estimate of drug-likeness (QED) is 0.519. The molecule has 0 radical (unpaired) electrons. The molecule has 0 saturated carbocycles. The van der Waals surface area contributed by atoms with Gasteiger partial charge >= 0.3 is 5.97 Å². The minimum atomic E-state index is -0.448. The van der Waals surface area contributed by atoms with Crippen molar-refractivity contribution in [1.82, 2.24) is 0 Å². The van der Waals surface area contributed by atoms with Crippen molar-refractivity contribution in [3.8, 4) is 0 Å². The topological polar surface area (TPSA) is 35.5 Å². The Labute approximate surface area is 86.8 Å². The van der Waals surface area contributed by atoms with Crippen LogP contribution in [0.25, 0.3) is 0 Å². The van der Waals surface area contributed by atoms with Gasteiger partial charge in [0, 0.05) is 7.11 Å². The summed E-state index contributed by atoms with van der Waals surface area (Å²) in [6, 6.07) is 0. The third-order valence-corrected chi connectivity index (χ3v) is 1.83. The largest absolute Gasteiger partial charge is 0.438 e. The Morgan fingerprint density at radius 3 is 2.00 bits per heavy atom. The van der Waals surface area contributed by atoms with E-state index in [-0.39, 0.29) is 18.2 Å². The Morgan fingerprint density at radius 1 is 1.14 bits per heavy atom. The third-order valence-electron chi connectivity index (χ3n) is 1.83. The van der Waals surface area contributed by atoms with E-state index in [9.17, 15) is 4.79 Å². The molecule has 0 aliphatic heterocycles. The molecule has 0 aliphatic rings. The van der Waals surface area contributed by atoms with Gasteiger partial charge in [0.1, 0.15) is 0 Å². The molecule has 0 saturated heterocycles. The Bertz CT molecular complexity index is 189. The Hall–Kier alpha value is -0.570. The second-order valence-corrected chi connectivity index (χ2v) is 5.46. The molecular weight excluding hydrogens is 180 g/mol. The van der Waals surface area contributed by atoms with E-state index >= 15 is 0 Å². The van der Waals surface area contributed by atoms with Gasteiger partial charge in [0.05, 0.1) is 5.41 Å². The third kappa shape index (κ3) is 5.22. The number of esters is 1. The van der Waals surface area contributed by atoms with Crippen molar-refractivity contribution in [3.63, 3.8) is 0 Å². The lowest BCUT2D eigenvalue weighted by molar-refractivity contribution is -0.166. The van der Waals surface area contributed by atoms with Crippen molar-refractivity contribution in [3.05, 3.63) is 0 Å². The number of hydrogen-bond acceptors (Lipinski definition) is 3. The van der Waals surface area contributed by atoms with Crippen LogP contribution < -0.4 is 0 Å². The van der Waals surface area contributed by atoms with Crippen molar-refractivity contribution >= 4 is 5.97 Å². The Kier molecular flexibility index (Phi) is 4.59. The molecule has 0 aliphatic carbocycles. The van der Waals surface area contributed by atoms with Gasteiger partial charge in [-0.05, 0) is 25.7 Å². The van der Waals surface area contributed by atoms with Crippen molar-refractivity contribution in [2.24, 2.45) is 10.8 Å². The molecule has 0 amide bonds. The van der Waals surface area contributed by atoms with Gasteiger partial charge in [-0.25, -0.2) is 0 Å². The van der Waals surface area contributed by atoms with E-state index in [0.29, 0.717) is 0 Å². The molecule has 0 aromatic heterocycles. The Balaban J connectivity index is 4.23. The summed E-state index contributed by atoms with van der Waals surface area (Å²) < 4.78 is 9.64. The summed E-state index contributed by atoms with van der Waals surface area (Å²) in [7, 11) is 1.50. The normalized spacial score (nSPS) is 12.7. The highest BCUT2D eigenvalue weighted by molar-refractivity contribution is 5.75. The SMILES string of the molecule is COCOC(=O)C(C)(C)CC(C)(C)C. The summed E-state index contributed by atoms with van der Waals surface area (Å²) >= 11 is 0. The van der Waals surface area contributed by atoms with Crippen LogP contribution in [0, 0.1) is 10.8 Å². The van der Waals surface area contributed by atoms with Crippen LogP contribution in [-0.4, -0.2) is 19.9 Å². The second-order valence-electron chi connectivity index (χ2n) is 5.46. The van der Waals surface area contributed by atoms with Gasteiger partial charge in [0.15, 0.2) is 6.79 Å². The van der Waals surface area contributed by atoms with Crippen LogP contribution in [0.4, 0.5) is 0 Å². The van der Waals surface area contributed by atoms with Crippen LogP contribution in [0.3, 0.4) is 0 Å². The highest BCUT2D eigenvalue weighted by Crippen LogP contribution is 2.33. The lowest BCUT2D eigenvalue weighted by Crippen LogP contribution is -2.31. The minimum Gasteiger partial charge on any atom is -0.438 e. The average molecular weight is 202 g/mol. The number of hydrogen-bond donors (Lipinski definition) is 0. The zero-order valence-corrected chi connectivity index (χ0v) is 10.1. The smallest absolute Gasteiger partial charge is 0.313 e. The predicted molar refractivity (Wildman–Crippen MR) is 55.8 cm³/mol. The lowest BCUT2D eigenvalue weighted by Gasteiger charge is -2.30. The van der Waals surface area contributed by atoms with E-state index in [4.69, 9.17) is 9.47 Å². The van der Waals surface area contributed by atoms with E-state index in [1.165, 1.54) is 7.11 Å². The van der Waals surface area contributed by atoms with Gasteiger partial charge in [-0.2, -0.15) is 0 Å². The zero-order chi connectivity index (χ0) is 11.4. The van der Waals surface area contributed by atoms with Crippen LogP contribution in [0.15, 0.2) is 0 Å². The monoisotopic (exact) mass is 202 g/mol. The van der Waals surface area contributed by atoms with Crippen molar-refractivity contribution < 1.29 is 14.3 Å². The fraction of sp³-hybridized carbons (Fsp3) is 0.909. The number of rotatable bonds is 4. The van der Waals surface area contributed by atoms with Crippen LogP contribution in [0.1, 0.15) is 41.0 Å². The standard InChI is InChI=1S/C11H22O3/c1-10(2,3)7-11(4,5)9(12)14-8-13-6/h7-8H2,1-6H3. The summed E-state index contributed by atoms with van der Waals surface area (Å²) in [5.74, 6) is -0.200. The molecule has 0 aromatic carbocycles. The Morgan fingerprint density at radius 2 is 1.64 bits per heavy atom. The fourth-order valence-electron chi connectivity index (χ4n) is 1.71. The summed E-state index contributed by atoms with van der Waals surface area (Å²) in [4.78, 5) is 11.6. The molecule has 14 heavy (non-hydrogen) atoms. The minimum absolute atomic E-state index is 0.0341. The van der Waals surface area contributed by atoms with Crippen molar-refractivity contribution in [2.45, 2.75) is 41.0 Å². The van der Waals surface area contributed by atoms with Crippen LogP contribution in [0.2, 0.25) is 0 Å². The molecule has 0 aromatic rings. The van der Waals surface area contributed by atoms with Crippen molar-refractivity contribution in [1.29, 1.82) is 0 Å². The molecule has 3 heteroatoms. The van der Waals surface area contributed by atoms with Crippen molar-refractivity contribution in [2.75, 3.05) is 13.9 Å². The van der Waals surface area contributed by atoms with Crippen LogP contribution in [0.5, 0.6) is 0 Å². The molecule has 3 nitrogen and oxygen atoms in total. The molecule has 0 fully saturated rings.